The van der Waals surface area contributed by atoms with Crippen LogP contribution in [-0.2, 0) is 0 Å². The van der Waals surface area contributed by atoms with Crippen molar-refractivity contribution in [3.8, 4) is 5.75 Å². The number of benzene rings is 1. The summed E-state index contributed by atoms with van der Waals surface area (Å²) in [7, 11) is 0. The van der Waals surface area contributed by atoms with Crippen LogP contribution in [-0.4, -0.2) is 42.9 Å². The summed E-state index contributed by atoms with van der Waals surface area (Å²) in [4.78, 5) is 2.10. The van der Waals surface area contributed by atoms with E-state index in [4.69, 9.17) is 0 Å². The van der Waals surface area contributed by atoms with Crippen LogP contribution < -0.4 is 5.32 Å². The van der Waals surface area contributed by atoms with Crippen LogP contribution in [0.5, 0.6) is 5.75 Å². The number of piperazine rings is 1. The number of aromatic hydroxyl groups is 1. The van der Waals surface area contributed by atoms with E-state index < -0.39 is 6.67 Å². The second-order valence-electron chi connectivity index (χ2n) is 5.02. The van der Waals surface area contributed by atoms with Gasteiger partial charge in [0.05, 0.1) is 6.04 Å². The van der Waals surface area contributed by atoms with Crippen LogP contribution >= 0.6 is 15.9 Å². The van der Waals surface area contributed by atoms with Crippen LogP contribution in [0.1, 0.15) is 22.7 Å². The van der Waals surface area contributed by atoms with Crippen molar-refractivity contribution in [1.29, 1.82) is 0 Å². The maximum absolute atomic E-state index is 13.5. The molecule has 1 fully saturated rings. The molecule has 0 spiro atoms. The molecular weight excluding hydrogens is 311 g/mol. The lowest BCUT2D eigenvalue weighted by Crippen LogP contribution is -2.45. The zero-order valence-electron chi connectivity index (χ0n) is 11.3. The molecule has 0 bridgehead atoms. The minimum Gasteiger partial charge on any atom is -0.508 e. The summed E-state index contributed by atoms with van der Waals surface area (Å²) in [5, 5.41) is 13.5. The molecule has 1 aromatic rings. The molecule has 106 valence electrons. The molecule has 0 saturated carbocycles. The Morgan fingerprint density at radius 3 is 2.63 bits per heavy atom. The van der Waals surface area contributed by atoms with E-state index in [-0.39, 0.29) is 11.8 Å². The first-order valence-electron chi connectivity index (χ1n) is 6.55. The van der Waals surface area contributed by atoms with Crippen LogP contribution in [0.15, 0.2) is 10.5 Å². The number of hydrogen-bond acceptors (Lipinski definition) is 3. The maximum atomic E-state index is 13.5. The van der Waals surface area contributed by atoms with E-state index in [0.717, 1.165) is 41.8 Å². The molecule has 3 nitrogen and oxygen atoms in total. The summed E-state index contributed by atoms with van der Waals surface area (Å²) in [5.41, 5.74) is 2.61. The van der Waals surface area contributed by atoms with Gasteiger partial charge in [0.1, 0.15) is 12.4 Å². The van der Waals surface area contributed by atoms with E-state index in [2.05, 4.69) is 26.1 Å². The van der Waals surface area contributed by atoms with Crippen molar-refractivity contribution in [2.45, 2.75) is 19.9 Å². The zero-order valence-corrected chi connectivity index (χ0v) is 12.9. The van der Waals surface area contributed by atoms with Crippen LogP contribution in [0.2, 0.25) is 0 Å². The van der Waals surface area contributed by atoms with E-state index in [1.807, 2.05) is 13.8 Å². The highest BCUT2D eigenvalue weighted by atomic mass is 79.9. The van der Waals surface area contributed by atoms with Crippen LogP contribution in [0, 0.1) is 13.8 Å². The second-order valence-corrected chi connectivity index (χ2v) is 5.81. The Kier molecular flexibility index (Phi) is 4.81. The number of halogens is 2. The standard InChI is InChI=1S/C14H20BrFN2O/c1-9-7-12(19)13(10(2)14(9)15)11(8-16)18-5-3-17-4-6-18/h7,11,17,19H,3-6,8H2,1-2H3/t11-/m0/s1. The van der Waals surface area contributed by atoms with Gasteiger partial charge in [-0.15, -0.1) is 0 Å². The predicted octanol–water partition coefficient (Wildman–Crippen LogP) is 2.69. The third kappa shape index (κ3) is 2.93. The van der Waals surface area contributed by atoms with Gasteiger partial charge in [-0.25, -0.2) is 4.39 Å². The molecule has 1 heterocycles. The number of aryl methyl sites for hydroxylation is 1. The van der Waals surface area contributed by atoms with Crippen molar-refractivity contribution >= 4 is 15.9 Å². The normalized spacial score (nSPS) is 18.5. The van der Waals surface area contributed by atoms with Gasteiger partial charge in [0.15, 0.2) is 0 Å². The van der Waals surface area contributed by atoms with Crippen molar-refractivity contribution in [2.24, 2.45) is 0 Å². The number of nitrogens with one attached hydrogen (secondary N) is 1. The summed E-state index contributed by atoms with van der Waals surface area (Å²) in [6.07, 6.45) is 0. The van der Waals surface area contributed by atoms with Gasteiger partial charge in [0, 0.05) is 36.2 Å². The molecule has 1 atom stereocenters. The lowest BCUT2D eigenvalue weighted by Gasteiger charge is -2.35. The highest BCUT2D eigenvalue weighted by Gasteiger charge is 2.27. The van der Waals surface area contributed by atoms with Gasteiger partial charge in [0.2, 0.25) is 0 Å². The Balaban J connectivity index is 2.40. The molecule has 0 amide bonds. The van der Waals surface area contributed by atoms with Crippen LogP contribution in [0.4, 0.5) is 4.39 Å². The average molecular weight is 331 g/mol. The van der Waals surface area contributed by atoms with E-state index in [9.17, 15) is 9.50 Å². The van der Waals surface area contributed by atoms with Gasteiger partial charge in [-0.05, 0) is 31.0 Å². The molecule has 0 unspecified atom stereocenters. The number of nitrogens with zero attached hydrogens (tertiary/aromatic N) is 1. The zero-order chi connectivity index (χ0) is 14.0. The Labute approximate surface area is 121 Å². The Morgan fingerprint density at radius 2 is 2.05 bits per heavy atom. The fourth-order valence-electron chi connectivity index (χ4n) is 2.72. The number of rotatable bonds is 3. The minimum atomic E-state index is -0.482. The van der Waals surface area contributed by atoms with Crippen molar-refractivity contribution in [1.82, 2.24) is 10.2 Å². The van der Waals surface area contributed by atoms with Gasteiger partial charge in [-0.1, -0.05) is 15.9 Å². The average Bonchev–Trinajstić information content (AvgIpc) is 2.42. The first-order chi connectivity index (χ1) is 9.06. The smallest absolute Gasteiger partial charge is 0.121 e. The molecule has 1 saturated heterocycles. The number of alkyl halides is 1. The Bertz CT molecular complexity index is 461. The summed E-state index contributed by atoms with van der Waals surface area (Å²) in [6.45, 7) is 6.71. The molecule has 0 aliphatic carbocycles. The fourth-order valence-corrected chi connectivity index (χ4v) is 3.05. The van der Waals surface area contributed by atoms with Crippen molar-refractivity contribution in [3.05, 3.63) is 27.2 Å². The molecule has 1 aliphatic rings. The first-order valence-corrected chi connectivity index (χ1v) is 7.34. The molecule has 1 aliphatic heterocycles. The molecule has 2 rings (SSSR count). The van der Waals surface area contributed by atoms with E-state index in [1.165, 1.54) is 0 Å². The highest BCUT2D eigenvalue weighted by Crippen LogP contribution is 2.37. The topological polar surface area (TPSA) is 35.5 Å². The molecule has 2 N–H and O–H groups in total. The van der Waals surface area contributed by atoms with E-state index in [0.29, 0.717) is 5.56 Å². The summed E-state index contributed by atoms with van der Waals surface area (Å²) in [6, 6.07) is 1.34. The number of phenolic OH excluding ortho intramolecular Hbond substituents is 1. The van der Waals surface area contributed by atoms with Gasteiger partial charge >= 0.3 is 0 Å². The first kappa shape index (κ1) is 14.8. The summed E-state index contributed by atoms with van der Waals surface area (Å²) < 4.78 is 14.5. The van der Waals surface area contributed by atoms with Crippen molar-refractivity contribution in [3.63, 3.8) is 0 Å². The minimum absolute atomic E-state index is 0.194. The Hall–Kier alpha value is -0.650. The largest absolute Gasteiger partial charge is 0.508 e. The SMILES string of the molecule is Cc1cc(O)c([C@H](CF)N2CCNCC2)c(C)c1Br. The van der Waals surface area contributed by atoms with Crippen LogP contribution in [0.25, 0.3) is 0 Å². The summed E-state index contributed by atoms with van der Waals surface area (Å²) >= 11 is 3.52. The third-order valence-electron chi connectivity index (χ3n) is 3.78. The molecule has 0 radical (unpaired) electrons. The molecule has 19 heavy (non-hydrogen) atoms. The van der Waals surface area contributed by atoms with Crippen LogP contribution in [0.3, 0.4) is 0 Å². The molecule has 5 heteroatoms. The maximum Gasteiger partial charge on any atom is 0.121 e. The quantitative estimate of drug-likeness (QED) is 0.894. The molecule has 1 aromatic carbocycles. The van der Waals surface area contributed by atoms with E-state index in [1.54, 1.807) is 6.07 Å². The fraction of sp³-hybridized carbons (Fsp3) is 0.571. The number of hydrogen-bond donors (Lipinski definition) is 2. The van der Waals surface area contributed by atoms with Gasteiger partial charge in [-0.3, -0.25) is 4.90 Å². The van der Waals surface area contributed by atoms with Gasteiger partial charge in [-0.2, -0.15) is 0 Å². The lowest BCUT2D eigenvalue weighted by molar-refractivity contribution is 0.144. The molecular formula is C14H20BrFN2O. The monoisotopic (exact) mass is 330 g/mol. The van der Waals surface area contributed by atoms with Gasteiger partial charge < -0.3 is 10.4 Å². The summed E-state index contributed by atoms with van der Waals surface area (Å²) in [5.74, 6) is 0.194. The Morgan fingerprint density at radius 1 is 1.42 bits per heavy atom. The lowest BCUT2D eigenvalue weighted by atomic mass is 9.97. The predicted molar refractivity (Wildman–Crippen MR) is 78.4 cm³/mol. The third-order valence-corrected chi connectivity index (χ3v) is 5.00. The van der Waals surface area contributed by atoms with Crippen molar-refractivity contribution < 1.29 is 9.50 Å². The second kappa shape index (κ2) is 6.20. The number of phenols is 1. The van der Waals surface area contributed by atoms with E-state index >= 15 is 0 Å². The highest BCUT2D eigenvalue weighted by molar-refractivity contribution is 9.10. The molecule has 0 aromatic heterocycles. The van der Waals surface area contributed by atoms with Gasteiger partial charge in [0.25, 0.3) is 0 Å². The van der Waals surface area contributed by atoms with Crippen molar-refractivity contribution in [2.75, 3.05) is 32.9 Å².